The summed E-state index contributed by atoms with van der Waals surface area (Å²) in [6, 6.07) is 48.3. The highest BCUT2D eigenvalue weighted by Crippen LogP contribution is 2.58. The van der Waals surface area contributed by atoms with Crippen LogP contribution in [0.25, 0.3) is 0 Å². The molecule has 1 atom stereocenters. The standard InChI is InChI=1S/C50H42N2O6/c1-31-11-25-45(32(2)27-31)51(34-12-18-38(54-4)19-13-34)36-16-23-43-47(29-36)57-48-30-37(17-24-44(48)50(43)42-10-8-7-9-41(42)49(53)58-50)52(35-14-20-39(55-5)21-15-35)46-26-22-40(56-6)28-33(46)3/h7-30H,1-6H3. The highest BCUT2D eigenvalue weighted by Gasteiger charge is 2.53. The maximum absolute atomic E-state index is 13.8. The van der Waals surface area contributed by atoms with Crippen LogP contribution in [-0.2, 0) is 10.3 Å². The van der Waals surface area contributed by atoms with Crippen molar-refractivity contribution in [2.75, 3.05) is 31.1 Å². The van der Waals surface area contributed by atoms with Gasteiger partial charge in [-0.1, -0.05) is 35.9 Å². The average Bonchev–Trinajstić information content (AvgIpc) is 3.54. The summed E-state index contributed by atoms with van der Waals surface area (Å²) in [7, 11) is 4.99. The van der Waals surface area contributed by atoms with E-state index in [1.807, 2.05) is 109 Å². The molecule has 7 aromatic carbocycles. The monoisotopic (exact) mass is 766 g/mol. The van der Waals surface area contributed by atoms with E-state index in [-0.39, 0.29) is 5.97 Å². The summed E-state index contributed by atoms with van der Waals surface area (Å²) in [6.07, 6.45) is 0. The van der Waals surface area contributed by atoms with E-state index >= 15 is 0 Å². The number of ether oxygens (including phenoxy) is 5. The van der Waals surface area contributed by atoms with Crippen molar-refractivity contribution in [1.82, 2.24) is 0 Å². The fourth-order valence-corrected chi connectivity index (χ4v) is 8.31. The zero-order chi connectivity index (χ0) is 40.1. The molecule has 58 heavy (non-hydrogen) atoms. The van der Waals surface area contributed by atoms with E-state index < -0.39 is 5.60 Å². The first-order chi connectivity index (χ1) is 28.2. The molecule has 0 bridgehead atoms. The van der Waals surface area contributed by atoms with E-state index in [1.165, 1.54) is 5.56 Å². The normalized spacial score (nSPS) is 14.8. The van der Waals surface area contributed by atoms with Crippen molar-refractivity contribution in [2.45, 2.75) is 26.4 Å². The van der Waals surface area contributed by atoms with Gasteiger partial charge in [0.15, 0.2) is 5.60 Å². The molecule has 0 saturated heterocycles. The van der Waals surface area contributed by atoms with Crippen molar-refractivity contribution in [3.8, 4) is 28.7 Å². The molecule has 7 aromatic rings. The van der Waals surface area contributed by atoms with Gasteiger partial charge in [-0.15, -0.1) is 0 Å². The Morgan fingerprint density at radius 1 is 0.483 bits per heavy atom. The molecular formula is C50H42N2O6. The lowest BCUT2D eigenvalue weighted by Crippen LogP contribution is -2.33. The Bertz CT molecular complexity index is 2710. The van der Waals surface area contributed by atoms with Gasteiger partial charge in [-0.05, 0) is 135 Å². The highest BCUT2D eigenvalue weighted by atomic mass is 16.6. The lowest BCUT2D eigenvalue weighted by molar-refractivity contribution is 0.0224. The lowest BCUT2D eigenvalue weighted by Gasteiger charge is -2.38. The molecule has 288 valence electrons. The van der Waals surface area contributed by atoms with Crippen molar-refractivity contribution < 1.29 is 28.5 Å². The van der Waals surface area contributed by atoms with Crippen molar-refractivity contribution in [3.05, 3.63) is 185 Å². The summed E-state index contributed by atoms with van der Waals surface area (Å²) in [6.45, 7) is 6.28. The first-order valence-corrected chi connectivity index (χ1v) is 19.1. The van der Waals surface area contributed by atoms with E-state index in [9.17, 15) is 4.79 Å². The summed E-state index contributed by atoms with van der Waals surface area (Å²) < 4.78 is 30.2. The van der Waals surface area contributed by atoms with Crippen molar-refractivity contribution in [3.63, 3.8) is 0 Å². The minimum atomic E-state index is -1.25. The van der Waals surface area contributed by atoms with Crippen LogP contribution in [0.15, 0.2) is 146 Å². The average molecular weight is 767 g/mol. The molecule has 8 nitrogen and oxygen atoms in total. The van der Waals surface area contributed by atoms with Crippen LogP contribution in [0.1, 0.15) is 43.7 Å². The van der Waals surface area contributed by atoms with Crippen LogP contribution in [0, 0.1) is 20.8 Å². The number of hydrogen-bond acceptors (Lipinski definition) is 8. The van der Waals surface area contributed by atoms with Crippen LogP contribution in [0.3, 0.4) is 0 Å². The first-order valence-electron chi connectivity index (χ1n) is 19.1. The fourth-order valence-electron chi connectivity index (χ4n) is 8.31. The van der Waals surface area contributed by atoms with Gasteiger partial charge >= 0.3 is 5.97 Å². The van der Waals surface area contributed by atoms with Crippen LogP contribution >= 0.6 is 0 Å². The van der Waals surface area contributed by atoms with Crippen LogP contribution in [-0.4, -0.2) is 27.3 Å². The predicted molar refractivity (Wildman–Crippen MR) is 228 cm³/mol. The zero-order valence-electron chi connectivity index (χ0n) is 33.2. The third-order valence-corrected chi connectivity index (χ3v) is 11.1. The Balaban J connectivity index is 1.25. The molecule has 0 amide bonds. The number of methoxy groups -OCH3 is 3. The number of rotatable bonds is 9. The summed E-state index contributed by atoms with van der Waals surface area (Å²) in [5.41, 5.74) is 10.4. The van der Waals surface area contributed by atoms with E-state index in [0.717, 1.165) is 79.2 Å². The summed E-state index contributed by atoms with van der Waals surface area (Å²) in [4.78, 5) is 18.2. The van der Waals surface area contributed by atoms with Crippen LogP contribution in [0.2, 0.25) is 0 Å². The van der Waals surface area contributed by atoms with Gasteiger partial charge in [0.1, 0.15) is 28.7 Å². The minimum absolute atomic E-state index is 0.383. The second kappa shape index (κ2) is 14.4. The van der Waals surface area contributed by atoms with Crippen LogP contribution in [0.5, 0.6) is 28.7 Å². The molecule has 0 fully saturated rings. The number of fused-ring (bicyclic) bond motifs is 6. The lowest BCUT2D eigenvalue weighted by atomic mass is 9.77. The number of carbonyl (C=O) groups is 1. The number of benzene rings is 7. The second-order valence-electron chi connectivity index (χ2n) is 14.6. The molecule has 2 aliphatic heterocycles. The van der Waals surface area contributed by atoms with Crippen LogP contribution < -0.4 is 28.7 Å². The van der Waals surface area contributed by atoms with Gasteiger partial charge in [-0.3, -0.25) is 0 Å². The summed E-state index contributed by atoms with van der Waals surface area (Å²) in [5, 5.41) is 0. The van der Waals surface area contributed by atoms with Crippen molar-refractivity contribution in [1.29, 1.82) is 0 Å². The maximum Gasteiger partial charge on any atom is 0.340 e. The number of hydrogen-bond donors (Lipinski definition) is 0. The third-order valence-electron chi connectivity index (χ3n) is 11.1. The highest BCUT2D eigenvalue weighted by molar-refractivity contribution is 5.97. The number of nitrogens with zero attached hydrogens (tertiary/aromatic N) is 2. The largest absolute Gasteiger partial charge is 0.497 e. The molecule has 0 N–H and O–H groups in total. The summed E-state index contributed by atoms with van der Waals surface area (Å²) >= 11 is 0. The quantitative estimate of drug-likeness (QED) is 0.135. The third kappa shape index (κ3) is 5.96. The Morgan fingerprint density at radius 3 is 1.48 bits per heavy atom. The molecule has 1 spiro atoms. The first kappa shape index (κ1) is 36.4. The number of anilines is 6. The zero-order valence-corrected chi connectivity index (χ0v) is 33.2. The Hall–Kier alpha value is -7.19. The fraction of sp³-hybridized carbons (Fsp3) is 0.140. The van der Waals surface area contributed by atoms with Gasteiger partial charge in [0.25, 0.3) is 0 Å². The molecular weight excluding hydrogens is 725 g/mol. The molecule has 2 aliphatic rings. The molecule has 0 saturated carbocycles. The number of carbonyl (C=O) groups excluding carboxylic acids is 1. The van der Waals surface area contributed by atoms with E-state index in [2.05, 4.69) is 67.0 Å². The number of esters is 1. The molecule has 0 aliphatic carbocycles. The SMILES string of the molecule is COc1ccc(N(c2ccc3c(c2)Oc2cc(N(c4ccc(OC)cc4)c4ccc(OC)cc4C)ccc2C32OC(=O)c3ccccc32)c2ccc(C)cc2C)cc1. The summed E-state index contributed by atoms with van der Waals surface area (Å²) in [5.74, 6) is 3.05. The second-order valence-corrected chi connectivity index (χ2v) is 14.6. The molecule has 1 unspecified atom stereocenters. The molecule has 9 rings (SSSR count). The van der Waals surface area contributed by atoms with Gasteiger partial charge in [-0.2, -0.15) is 0 Å². The van der Waals surface area contributed by atoms with Gasteiger partial charge < -0.3 is 33.5 Å². The molecule has 0 radical (unpaired) electrons. The topological polar surface area (TPSA) is 69.7 Å². The Morgan fingerprint density at radius 2 is 0.966 bits per heavy atom. The maximum atomic E-state index is 13.8. The number of aryl methyl sites for hydroxylation is 3. The van der Waals surface area contributed by atoms with Gasteiger partial charge in [0, 0.05) is 62.9 Å². The van der Waals surface area contributed by atoms with E-state index in [0.29, 0.717) is 17.1 Å². The minimum Gasteiger partial charge on any atom is -0.497 e. The van der Waals surface area contributed by atoms with Gasteiger partial charge in [0.05, 0.1) is 26.9 Å². The van der Waals surface area contributed by atoms with E-state index in [1.54, 1.807) is 21.3 Å². The molecule has 8 heteroatoms. The van der Waals surface area contributed by atoms with Gasteiger partial charge in [0.2, 0.25) is 0 Å². The Kier molecular flexibility index (Phi) is 9.04. The van der Waals surface area contributed by atoms with Crippen LogP contribution in [0.4, 0.5) is 34.1 Å². The predicted octanol–water partition coefficient (Wildman–Crippen LogP) is 12.1. The smallest absolute Gasteiger partial charge is 0.340 e. The van der Waals surface area contributed by atoms with Gasteiger partial charge in [-0.25, -0.2) is 4.79 Å². The van der Waals surface area contributed by atoms with Crippen molar-refractivity contribution >= 4 is 40.1 Å². The molecule has 0 aromatic heterocycles. The van der Waals surface area contributed by atoms with E-state index in [4.69, 9.17) is 23.7 Å². The van der Waals surface area contributed by atoms with Crippen molar-refractivity contribution in [2.24, 2.45) is 0 Å². The molecule has 2 heterocycles. The Labute approximate surface area is 338 Å².